The number of hydrogen-bond donors (Lipinski definition) is 1. The summed E-state index contributed by atoms with van der Waals surface area (Å²) in [4.78, 5) is 0. The van der Waals surface area contributed by atoms with Crippen LogP contribution in [0.15, 0.2) is 36.4 Å². The second kappa shape index (κ2) is 6.40. The second-order valence-corrected chi connectivity index (χ2v) is 4.30. The molecule has 5 heteroatoms. The van der Waals surface area contributed by atoms with E-state index in [4.69, 9.17) is 15.3 Å². The summed E-state index contributed by atoms with van der Waals surface area (Å²) in [6, 6.07) is 13.2. The molecule has 0 unspecified atom stereocenters. The number of ether oxygens (including phenoxy) is 1. The normalized spacial score (nSPS) is 9.52. The second-order valence-electron chi connectivity index (χ2n) is 4.30. The van der Waals surface area contributed by atoms with Gasteiger partial charge in [0.25, 0.3) is 0 Å². The molecule has 0 aliphatic heterocycles. The number of benzene rings is 2. The Kier molecular flexibility index (Phi) is 4.38. The Morgan fingerprint density at radius 1 is 1.10 bits per heavy atom. The highest BCUT2D eigenvalue weighted by atomic mass is 19.1. The molecule has 2 aromatic carbocycles. The summed E-state index contributed by atoms with van der Waals surface area (Å²) < 4.78 is 19.0. The van der Waals surface area contributed by atoms with E-state index >= 15 is 0 Å². The van der Waals surface area contributed by atoms with Gasteiger partial charge < -0.3 is 10.1 Å². The SMILES string of the molecule is COc1ccc(C#N)cc1CNc1ccc(C#N)cc1F. The molecule has 4 nitrogen and oxygen atoms in total. The lowest BCUT2D eigenvalue weighted by Crippen LogP contribution is -2.04. The number of hydrogen-bond acceptors (Lipinski definition) is 4. The first kappa shape index (κ1) is 14.4. The van der Waals surface area contributed by atoms with Crippen molar-refractivity contribution in [1.82, 2.24) is 0 Å². The van der Waals surface area contributed by atoms with E-state index in [0.29, 0.717) is 23.5 Å². The van der Waals surface area contributed by atoms with Crippen LogP contribution in [0.4, 0.5) is 10.1 Å². The molecule has 0 radical (unpaired) electrons. The van der Waals surface area contributed by atoms with Crippen LogP contribution < -0.4 is 10.1 Å². The van der Waals surface area contributed by atoms with E-state index in [9.17, 15) is 4.39 Å². The number of halogens is 1. The third kappa shape index (κ3) is 3.29. The molecule has 0 atom stereocenters. The smallest absolute Gasteiger partial charge is 0.147 e. The molecule has 0 bridgehead atoms. The third-order valence-electron chi connectivity index (χ3n) is 2.98. The standard InChI is InChI=1S/C16H12FN3O/c1-21-16-5-3-11(8-18)6-13(16)10-20-15-4-2-12(9-19)7-14(15)17/h2-7,20H,10H2,1H3. The lowest BCUT2D eigenvalue weighted by atomic mass is 10.1. The molecule has 1 N–H and O–H groups in total. The highest BCUT2D eigenvalue weighted by molar-refractivity contribution is 5.50. The molecule has 104 valence electrons. The molecule has 0 aliphatic carbocycles. The van der Waals surface area contributed by atoms with Gasteiger partial charge in [-0.3, -0.25) is 0 Å². The number of methoxy groups -OCH3 is 1. The fourth-order valence-corrected chi connectivity index (χ4v) is 1.90. The Balaban J connectivity index is 2.20. The molecule has 0 amide bonds. The van der Waals surface area contributed by atoms with Crippen molar-refractivity contribution in [1.29, 1.82) is 10.5 Å². The quantitative estimate of drug-likeness (QED) is 0.934. The first-order chi connectivity index (χ1) is 10.2. The summed E-state index contributed by atoms with van der Waals surface area (Å²) >= 11 is 0. The molecule has 0 saturated heterocycles. The van der Waals surface area contributed by atoms with Crippen LogP contribution in [0.3, 0.4) is 0 Å². The maximum atomic E-state index is 13.8. The molecule has 0 fully saturated rings. The molecule has 0 saturated carbocycles. The lowest BCUT2D eigenvalue weighted by Gasteiger charge is -2.11. The van der Waals surface area contributed by atoms with Crippen molar-refractivity contribution in [3.05, 3.63) is 58.9 Å². The van der Waals surface area contributed by atoms with Crippen LogP contribution in [-0.2, 0) is 6.54 Å². The number of anilines is 1. The first-order valence-electron chi connectivity index (χ1n) is 6.18. The summed E-state index contributed by atoms with van der Waals surface area (Å²) in [5.41, 5.74) is 1.81. The molecule has 21 heavy (non-hydrogen) atoms. The van der Waals surface area contributed by atoms with Gasteiger partial charge >= 0.3 is 0 Å². The zero-order valence-electron chi connectivity index (χ0n) is 11.4. The molecule has 2 rings (SSSR count). The Morgan fingerprint density at radius 3 is 2.38 bits per heavy atom. The highest BCUT2D eigenvalue weighted by Crippen LogP contribution is 2.22. The van der Waals surface area contributed by atoms with Gasteiger partial charge in [-0.2, -0.15) is 10.5 Å². The zero-order chi connectivity index (χ0) is 15.2. The molecular formula is C16H12FN3O. The Hall–Kier alpha value is -3.05. The Bertz CT molecular complexity index is 744. The van der Waals surface area contributed by atoms with E-state index in [0.717, 1.165) is 5.56 Å². The Labute approximate surface area is 122 Å². The minimum Gasteiger partial charge on any atom is -0.496 e. The van der Waals surface area contributed by atoms with Gasteiger partial charge in [0.15, 0.2) is 0 Å². The van der Waals surface area contributed by atoms with E-state index in [1.165, 1.54) is 25.3 Å². The topological polar surface area (TPSA) is 68.8 Å². The van der Waals surface area contributed by atoms with Crippen LogP contribution in [0.2, 0.25) is 0 Å². The lowest BCUT2D eigenvalue weighted by molar-refractivity contribution is 0.410. The predicted octanol–water partition coefficient (Wildman–Crippen LogP) is 3.19. The van der Waals surface area contributed by atoms with Crippen LogP contribution in [0.5, 0.6) is 5.75 Å². The van der Waals surface area contributed by atoms with Crippen molar-refractivity contribution in [3.63, 3.8) is 0 Å². The zero-order valence-corrected chi connectivity index (χ0v) is 11.4. The van der Waals surface area contributed by atoms with Gasteiger partial charge in [-0.05, 0) is 36.4 Å². The van der Waals surface area contributed by atoms with E-state index in [2.05, 4.69) is 5.32 Å². The maximum absolute atomic E-state index is 13.8. The molecule has 0 heterocycles. The van der Waals surface area contributed by atoms with Gasteiger partial charge in [-0.25, -0.2) is 4.39 Å². The molecular weight excluding hydrogens is 269 g/mol. The van der Waals surface area contributed by atoms with Gasteiger partial charge in [0.1, 0.15) is 11.6 Å². The maximum Gasteiger partial charge on any atom is 0.147 e. The first-order valence-corrected chi connectivity index (χ1v) is 6.18. The molecule has 0 aromatic heterocycles. The van der Waals surface area contributed by atoms with Crippen molar-refractivity contribution < 1.29 is 9.13 Å². The summed E-state index contributed by atoms with van der Waals surface area (Å²) in [7, 11) is 1.53. The number of nitrogens with one attached hydrogen (secondary N) is 1. The van der Waals surface area contributed by atoms with Crippen LogP contribution in [0.25, 0.3) is 0 Å². The summed E-state index contributed by atoms with van der Waals surface area (Å²) in [6.45, 7) is 0.307. The predicted molar refractivity (Wildman–Crippen MR) is 76.2 cm³/mol. The molecule has 2 aromatic rings. The van der Waals surface area contributed by atoms with Gasteiger partial charge in [0.2, 0.25) is 0 Å². The molecule has 0 aliphatic rings. The van der Waals surface area contributed by atoms with Crippen molar-refractivity contribution in [2.45, 2.75) is 6.54 Å². The van der Waals surface area contributed by atoms with Crippen LogP contribution >= 0.6 is 0 Å². The van der Waals surface area contributed by atoms with Crippen LogP contribution in [0.1, 0.15) is 16.7 Å². The van der Waals surface area contributed by atoms with E-state index < -0.39 is 5.82 Å². The fourth-order valence-electron chi connectivity index (χ4n) is 1.90. The minimum absolute atomic E-state index is 0.266. The van der Waals surface area contributed by atoms with Crippen LogP contribution in [0, 0.1) is 28.5 Å². The number of nitriles is 2. The van der Waals surface area contributed by atoms with Gasteiger partial charge in [-0.15, -0.1) is 0 Å². The van der Waals surface area contributed by atoms with Crippen LogP contribution in [-0.4, -0.2) is 7.11 Å². The summed E-state index contributed by atoms with van der Waals surface area (Å²) in [5, 5.41) is 20.5. The van der Waals surface area contributed by atoms with E-state index in [1.54, 1.807) is 18.2 Å². The highest BCUT2D eigenvalue weighted by Gasteiger charge is 2.07. The molecule has 0 spiro atoms. The number of rotatable bonds is 4. The number of nitrogens with zero attached hydrogens (tertiary/aromatic N) is 2. The monoisotopic (exact) mass is 281 g/mol. The van der Waals surface area contributed by atoms with Crippen molar-refractivity contribution >= 4 is 5.69 Å². The average molecular weight is 281 g/mol. The summed E-state index contributed by atoms with van der Waals surface area (Å²) in [6.07, 6.45) is 0. The van der Waals surface area contributed by atoms with Crippen molar-refractivity contribution in [2.24, 2.45) is 0 Å². The van der Waals surface area contributed by atoms with E-state index in [-0.39, 0.29) is 5.56 Å². The summed E-state index contributed by atoms with van der Waals surface area (Å²) in [5.74, 6) is 0.125. The van der Waals surface area contributed by atoms with Gasteiger partial charge in [-0.1, -0.05) is 0 Å². The minimum atomic E-state index is -0.496. The fraction of sp³-hybridized carbons (Fsp3) is 0.125. The third-order valence-corrected chi connectivity index (χ3v) is 2.98. The van der Waals surface area contributed by atoms with Gasteiger partial charge in [0.05, 0.1) is 36.1 Å². The van der Waals surface area contributed by atoms with Crippen molar-refractivity contribution in [2.75, 3.05) is 12.4 Å². The largest absolute Gasteiger partial charge is 0.496 e. The van der Waals surface area contributed by atoms with Crippen molar-refractivity contribution in [3.8, 4) is 17.9 Å². The van der Waals surface area contributed by atoms with Gasteiger partial charge in [0, 0.05) is 12.1 Å². The van der Waals surface area contributed by atoms with E-state index in [1.807, 2.05) is 12.1 Å². The Morgan fingerprint density at radius 2 is 1.76 bits per heavy atom. The average Bonchev–Trinajstić information content (AvgIpc) is 2.53.